The minimum atomic E-state index is -0.351. The smallest absolute Gasteiger partial charge is 0.340 e. The Morgan fingerprint density at radius 3 is 2.68 bits per heavy atom. The van der Waals surface area contributed by atoms with E-state index in [1.54, 1.807) is 19.1 Å². The summed E-state index contributed by atoms with van der Waals surface area (Å²) in [4.78, 5) is 12.0. The van der Waals surface area contributed by atoms with Crippen LogP contribution in [-0.4, -0.2) is 19.1 Å². The van der Waals surface area contributed by atoms with Crippen molar-refractivity contribution in [3.63, 3.8) is 0 Å². The van der Waals surface area contributed by atoms with Gasteiger partial charge in [-0.1, -0.05) is 41.9 Å². The second-order valence-corrected chi connectivity index (χ2v) is 5.36. The number of carbonyl (C=O) groups is 1. The van der Waals surface area contributed by atoms with E-state index in [1.165, 1.54) is 5.56 Å². The fourth-order valence-corrected chi connectivity index (χ4v) is 2.38. The minimum Gasteiger partial charge on any atom is -0.462 e. The highest BCUT2D eigenvalue weighted by Gasteiger charge is 2.12. The molecule has 0 unspecified atom stereocenters. The molecule has 1 N–H and O–H groups in total. The molecule has 0 aliphatic carbocycles. The van der Waals surface area contributed by atoms with Gasteiger partial charge < -0.3 is 10.1 Å². The van der Waals surface area contributed by atoms with Crippen LogP contribution in [0, 0.1) is 0 Å². The van der Waals surface area contributed by atoms with Crippen LogP contribution in [0.1, 0.15) is 29.3 Å². The van der Waals surface area contributed by atoms with Gasteiger partial charge in [0.1, 0.15) is 0 Å². The van der Waals surface area contributed by atoms with Crippen LogP contribution in [-0.2, 0) is 11.2 Å². The number of anilines is 1. The minimum absolute atomic E-state index is 0.346. The van der Waals surface area contributed by atoms with E-state index in [0.29, 0.717) is 17.2 Å². The first-order valence-corrected chi connectivity index (χ1v) is 7.83. The van der Waals surface area contributed by atoms with Gasteiger partial charge in [-0.3, -0.25) is 0 Å². The Bertz CT molecular complexity index is 614. The average Bonchev–Trinajstić information content (AvgIpc) is 2.54. The van der Waals surface area contributed by atoms with Crippen LogP contribution in [0.15, 0.2) is 48.5 Å². The Morgan fingerprint density at radius 1 is 1.18 bits per heavy atom. The molecule has 4 heteroatoms. The molecule has 22 heavy (non-hydrogen) atoms. The molecule has 0 heterocycles. The standard InChI is InChI=1S/C18H20ClNO2/c1-2-22-18(21)16-13-15(19)10-11-17(16)20-12-6-9-14-7-4-3-5-8-14/h3-5,7-8,10-11,13,20H,2,6,9,12H2,1H3. The van der Waals surface area contributed by atoms with E-state index in [2.05, 4.69) is 17.4 Å². The molecule has 0 saturated heterocycles. The summed E-state index contributed by atoms with van der Waals surface area (Å²) in [6.07, 6.45) is 1.98. The molecule has 0 saturated carbocycles. The quantitative estimate of drug-likeness (QED) is 0.601. The highest BCUT2D eigenvalue weighted by atomic mass is 35.5. The summed E-state index contributed by atoms with van der Waals surface area (Å²) in [6.45, 7) is 2.91. The first-order chi connectivity index (χ1) is 10.7. The summed E-state index contributed by atoms with van der Waals surface area (Å²) >= 11 is 5.97. The van der Waals surface area contributed by atoms with Crippen molar-refractivity contribution in [1.82, 2.24) is 0 Å². The maximum absolute atomic E-state index is 12.0. The topological polar surface area (TPSA) is 38.3 Å². The zero-order valence-corrected chi connectivity index (χ0v) is 13.4. The normalized spacial score (nSPS) is 10.3. The van der Waals surface area contributed by atoms with Crippen molar-refractivity contribution >= 4 is 23.3 Å². The predicted molar refractivity (Wildman–Crippen MR) is 90.7 cm³/mol. The number of esters is 1. The Balaban J connectivity index is 1.93. The van der Waals surface area contributed by atoms with Gasteiger partial charge in [0.2, 0.25) is 0 Å². The highest BCUT2D eigenvalue weighted by molar-refractivity contribution is 6.31. The van der Waals surface area contributed by atoms with Crippen LogP contribution in [0.3, 0.4) is 0 Å². The molecule has 0 atom stereocenters. The summed E-state index contributed by atoms with van der Waals surface area (Å²) in [6, 6.07) is 15.6. The fraction of sp³-hybridized carbons (Fsp3) is 0.278. The summed E-state index contributed by atoms with van der Waals surface area (Å²) in [5, 5.41) is 3.82. The molecule has 0 amide bonds. The van der Waals surface area contributed by atoms with Crippen LogP contribution in [0.2, 0.25) is 5.02 Å². The summed E-state index contributed by atoms with van der Waals surface area (Å²) in [5.41, 5.74) is 2.55. The molecular formula is C18H20ClNO2. The number of carbonyl (C=O) groups excluding carboxylic acids is 1. The second kappa shape index (κ2) is 8.44. The van der Waals surface area contributed by atoms with Crippen molar-refractivity contribution in [1.29, 1.82) is 0 Å². The molecule has 0 aliphatic rings. The van der Waals surface area contributed by atoms with Gasteiger partial charge in [0.05, 0.1) is 12.2 Å². The SMILES string of the molecule is CCOC(=O)c1cc(Cl)ccc1NCCCc1ccccc1. The molecule has 2 aromatic rings. The van der Waals surface area contributed by atoms with Gasteiger partial charge >= 0.3 is 5.97 Å². The second-order valence-electron chi connectivity index (χ2n) is 4.93. The number of hydrogen-bond donors (Lipinski definition) is 1. The van der Waals surface area contributed by atoms with Crippen molar-refractivity contribution in [3.8, 4) is 0 Å². The third kappa shape index (κ3) is 4.78. The van der Waals surface area contributed by atoms with E-state index in [4.69, 9.17) is 16.3 Å². The number of aryl methyl sites for hydroxylation is 1. The van der Waals surface area contributed by atoms with Gasteiger partial charge in [0, 0.05) is 17.3 Å². The summed E-state index contributed by atoms with van der Waals surface area (Å²) in [5.74, 6) is -0.351. The van der Waals surface area contributed by atoms with E-state index in [0.717, 1.165) is 25.1 Å². The Labute approximate surface area is 136 Å². The van der Waals surface area contributed by atoms with Gasteiger partial charge in [0.25, 0.3) is 0 Å². The van der Waals surface area contributed by atoms with Crippen LogP contribution >= 0.6 is 11.6 Å². The van der Waals surface area contributed by atoms with Gasteiger partial charge in [0.15, 0.2) is 0 Å². The van der Waals surface area contributed by atoms with Crippen molar-refractivity contribution in [3.05, 3.63) is 64.7 Å². The van der Waals surface area contributed by atoms with E-state index >= 15 is 0 Å². The summed E-state index contributed by atoms with van der Waals surface area (Å²) in [7, 11) is 0. The Kier molecular flexibility index (Phi) is 6.28. The van der Waals surface area contributed by atoms with Crippen LogP contribution < -0.4 is 5.32 Å². The van der Waals surface area contributed by atoms with Crippen molar-refractivity contribution in [2.24, 2.45) is 0 Å². The largest absolute Gasteiger partial charge is 0.462 e. The molecule has 0 fully saturated rings. The van der Waals surface area contributed by atoms with Crippen LogP contribution in [0.25, 0.3) is 0 Å². The number of benzene rings is 2. The number of nitrogens with one attached hydrogen (secondary N) is 1. The molecular weight excluding hydrogens is 298 g/mol. The van der Waals surface area contributed by atoms with Crippen molar-refractivity contribution < 1.29 is 9.53 Å². The van der Waals surface area contributed by atoms with E-state index in [9.17, 15) is 4.79 Å². The molecule has 0 aliphatic heterocycles. The molecule has 0 bridgehead atoms. The first kappa shape index (κ1) is 16.4. The zero-order valence-electron chi connectivity index (χ0n) is 12.6. The van der Waals surface area contributed by atoms with Gasteiger partial charge in [-0.25, -0.2) is 4.79 Å². The maximum atomic E-state index is 12.0. The zero-order chi connectivity index (χ0) is 15.8. The maximum Gasteiger partial charge on any atom is 0.340 e. The molecule has 2 rings (SSSR count). The lowest BCUT2D eigenvalue weighted by Crippen LogP contribution is -2.11. The molecule has 0 radical (unpaired) electrons. The molecule has 0 spiro atoms. The van der Waals surface area contributed by atoms with Gasteiger partial charge in [-0.05, 0) is 43.5 Å². The number of ether oxygens (including phenoxy) is 1. The van der Waals surface area contributed by atoms with Gasteiger partial charge in [-0.2, -0.15) is 0 Å². The van der Waals surface area contributed by atoms with E-state index in [1.807, 2.05) is 24.3 Å². The summed E-state index contributed by atoms with van der Waals surface area (Å²) < 4.78 is 5.06. The fourth-order valence-electron chi connectivity index (χ4n) is 2.21. The van der Waals surface area contributed by atoms with E-state index in [-0.39, 0.29) is 5.97 Å². The third-order valence-corrected chi connectivity index (χ3v) is 3.51. The molecule has 2 aromatic carbocycles. The molecule has 0 aromatic heterocycles. The monoisotopic (exact) mass is 317 g/mol. The third-order valence-electron chi connectivity index (χ3n) is 3.28. The predicted octanol–water partition coefficient (Wildman–Crippen LogP) is 4.56. The Hall–Kier alpha value is -2.00. The van der Waals surface area contributed by atoms with E-state index < -0.39 is 0 Å². The lowest BCUT2D eigenvalue weighted by Gasteiger charge is -2.12. The van der Waals surface area contributed by atoms with Crippen molar-refractivity contribution in [2.45, 2.75) is 19.8 Å². The number of halogens is 1. The van der Waals surface area contributed by atoms with Crippen molar-refractivity contribution in [2.75, 3.05) is 18.5 Å². The molecule has 116 valence electrons. The van der Waals surface area contributed by atoms with Gasteiger partial charge in [-0.15, -0.1) is 0 Å². The van der Waals surface area contributed by atoms with Crippen LogP contribution in [0.4, 0.5) is 5.69 Å². The Morgan fingerprint density at radius 2 is 1.95 bits per heavy atom. The molecule has 3 nitrogen and oxygen atoms in total. The lowest BCUT2D eigenvalue weighted by atomic mass is 10.1. The number of rotatable bonds is 7. The lowest BCUT2D eigenvalue weighted by molar-refractivity contribution is 0.0527. The highest BCUT2D eigenvalue weighted by Crippen LogP contribution is 2.21. The van der Waals surface area contributed by atoms with Crippen LogP contribution in [0.5, 0.6) is 0 Å². The average molecular weight is 318 g/mol. The first-order valence-electron chi connectivity index (χ1n) is 7.45. The number of hydrogen-bond acceptors (Lipinski definition) is 3.